The van der Waals surface area contributed by atoms with Crippen LogP contribution >= 0.6 is 34.0 Å². The summed E-state index contributed by atoms with van der Waals surface area (Å²) in [5.41, 5.74) is 0. The van der Waals surface area contributed by atoms with Crippen LogP contribution in [0.1, 0.15) is 112 Å². The summed E-state index contributed by atoms with van der Waals surface area (Å²) in [5, 5.41) is 0. The summed E-state index contributed by atoms with van der Waals surface area (Å²) in [6, 6.07) is 4.50. The van der Waals surface area contributed by atoms with Crippen molar-refractivity contribution in [2.24, 2.45) is 0 Å². The van der Waals surface area contributed by atoms with Crippen molar-refractivity contribution in [1.82, 2.24) is 0 Å². The van der Waals surface area contributed by atoms with E-state index in [4.69, 9.17) is 9.47 Å². The summed E-state index contributed by atoms with van der Waals surface area (Å²) in [5.74, 6) is 12.9. The Balaban J connectivity index is 1.26. The molecule has 7 heteroatoms. The molecule has 0 saturated heterocycles. The molecule has 0 aromatic carbocycles. The fourth-order valence-corrected chi connectivity index (χ4v) is 8.39. The smallest absolute Gasteiger partial charge is 0.330 e. The first kappa shape index (κ1) is 34.6. The Kier molecular flexibility index (Phi) is 16.9. The zero-order chi connectivity index (χ0) is 30.5. The lowest BCUT2D eigenvalue weighted by Crippen LogP contribution is -2.01. The van der Waals surface area contributed by atoms with Crippen LogP contribution in [0.5, 0.6) is 0 Å². The number of carbonyl (C=O) groups is 2. The van der Waals surface area contributed by atoms with Crippen molar-refractivity contribution in [3.63, 3.8) is 0 Å². The molecule has 0 aliphatic rings. The van der Waals surface area contributed by atoms with Gasteiger partial charge in [-0.2, -0.15) is 0 Å². The third-order valence-electron chi connectivity index (χ3n) is 6.96. The first-order chi connectivity index (χ1) is 21.1. The molecule has 0 unspecified atom stereocenters. The van der Waals surface area contributed by atoms with E-state index < -0.39 is 0 Å². The van der Waals surface area contributed by atoms with E-state index in [0.29, 0.717) is 13.2 Å². The van der Waals surface area contributed by atoms with E-state index in [2.05, 4.69) is 49.0 Å². The van der Waals surface area contributed by atoms with Gasteiger partial charge in [-0.25, -0.2) is 9.59 Å². The van der Waals surface area contributed by atoms with Crippen LogP contribution in [0.25, 0.3) is 18.8 Å². The average Bonchev–Trinajstić information content (AvgIpc) is 3.68. The van der Waals surface area contributed by atoms with E-state index in [1.807, 2.05) is 34.0 Å². The Hall–Kier alpha value is -2.84. The average molecular weight is 637 g/mol. The number of hydrogen-bond donors (Lipinski definition) is 0. The van der Waals surface area contributed by atoms with Crippen LogP contribution in [0.15, 0.2) is 37.4 Å². The molecule has 230 valence electrons. The standard InChI is InChI=1S/C36H44O4S3/c1-3-33(37)39-25-21-17-13-9-5-7-11-15-19-23-29-27-31-35(41-29)36-32(43-31)28-30(42-36)24-20-16-12-8-6-10-14-18-22-26-40-34(38)4-2/h3-4,27-28H,1-2,5-18,21-22,25-26H2. The Morgan fingerprint density at radius 2 is 0.953 bits per heavy atom. The van der Waals surface area contributed by atoms with Gasteiger partial charge in [0, 0.05) is 34.4 Å². The third kappa shape index (κ3) is 13.6. The number of rotatable bonds is 20. The summed E-state index contributed by atoms with van der Waals surface area (Å²) in [6.45, 7) is 7.80. The van der Waals surface area contributed by atoms with Crippen molar-refractivity contribution in [2.45, 2.75) is 103 Å². The highest BCUT2D eigenvalue weighted by Gasteiger charge is 2.12. The van der Waals surface area contributed by atoms with Gasteiger partial charge in [-0.3, -0.25) is 0 Å². The third-order valence-corrected chi connectivity index (χ3v) is 10.6. The molecule has 0 spiro atoms. The van der Waals surface area contributed by atoms with E-state index in [1.165, 1.54) is 82.3 Å². The second-order valence-electron chi connectivity index (χ2n) is 10.5. The predicted molar refractivity (Wildman–Crippen MR) is 185 cm³/mol. The number of carbonyl (C=O) groups excluding carboxylic acids is 2. The van der Waals surface area contributed by atoms with Crippen LogP contribution < -0.4 is 0 Å². The normalized spacial score (nSPS) is 10.6. The van der Waals surface area contributed by atoms with E-state index >= 15 is 0 Å². The van der Waals surface area contributed by atoms with Gasteiger partial charge in [0.15, 0.2) is 0 Å². The molecule has 0 aliphatic heterocycles. The molecule has 0 saturated carbocycles. The van der Waals surface area contributed by atoms with E-state index in [-0.39, 0.29) is 11.9 Å². The molecule has 3 aromatic rings. The number of thiophene rings is 3. The minimum atomic E-state index is -0.330. The fourth-order valence-electron chi connectivity index (χ4n) is 4.62. The first-order valence-electron chi connectivity index (χ1n) is 15.6. The minimum absolute atomic E-state index is 0.330. The zero-order valence-corrected chi connectivity index (χ0v) is 27.8. The molecule has 0 atom stereocenters. The second kappa shape index (κ2) is 21.0. The molecule has 3 heterocycles. The molecule has 3 aromatic heterocycles. The minimum Gasteiger partial charge on any atom is -0.463 e. The number of fused-ring (bicyclic) bond motifs is 3. The van der Waals surface area contributed by atoms with Crippen molar-refractivity contribution in [2.75, 3.05) is 13.2 Å². The van der Waals surface area contributed by atoms with Crippen LogP contribution in [0, 0.1) is 23.7 Å². The largest absolute Gasteiger partial charge is 0.463 e. The molecule has 3 rings (SSSR count). The topological polar surface area (TPSA) is 52.6 Å². The number of ether oxygens (including phenoxy) is 2. The molecule has 0 bridgehead atoms. The molecule has 0 N–H and O–H groups in total. The van der Waals surface area contributed by atoms with Crippen LogP contribution in [0.3, 0.4) is 0 Å². The summed E-state index contributed by atoms with van der Waals surface area (Å²) < 4.78 is 15.4. The molecule has 0 amide bonds. The second-order valence-corrected chi connectivity index (χ2v) is 13.7. The molecule has 0 aliphatic carbocycles. The maximum absolute atomic E-state index is 11.0. The van der Waals surface area contributed by atoms with Gasteiger partial charge in [0.2, 0.25) is 0 Å². The summed E-state index contributed by atoms with van der Waals surface area (Å²) in [4.78, 5) is 24.3. The summed E-state index contributed by atoms with van der Waals surface area (Å²) in [7, 11) is 0. The van der Waals surface area contributed by atoms with Crippen molar-refractivity contribution < 1.29 is 19.1 Å². The van der Waals surface area contributed by atoms with Crippen molar-refractivity contribution in [1.29, 1.82) is 0 Å². The van der Waals surface area contributed by atoms with Crippen molar-refractivity contribution in [3.8, 4) is 23.7 Å². The zero-order valence-electron chi connectivity index (χ0n) is 25.3. The monoisotopic (exact) mass is 636 g/mol. The van der Waals surface area contributed by atoms with E-state index in [0.717, 1.165) is 61.1 Å². The molecular weight excluding hydrogens is 593 g/mol. The Morgan fingerprint density at radius 3 is 1.35 bits per heavy atom. The van der Waals surface area contributed by atoms with Gasteiger partial charge < -0.3 is 9.47 Å². The molecule has 4 nitrogen and oxygen atoms in total. The van der Waals surface area contributed by atoms with E-state index in [1.54, 1.807) is 0 Å². The van der Waals surface area contributed by atoms with Crippen LogP contribution in [0.2, 0.25) is 0 Å². The van der Waals surface area contributed by atoms with Gasteiger partial charge in [0.05, 0.1) is 32.4 Å². The van der Waals surface area contributed by atoms with Crippen LogP contribution in [-0.2, 0) is 19.1 Å². The highest BCUT2D eigenvalue weighted by molar-refractivity contribution is 7.38. The Morgan fingerprint density at radius 1 is 0.581 bits per heavy atom. The quantitative estimate of drug-likeness (QED) is 0.0536. The SMILES string of the molecule is C=CC(=O)OCCCCCCCCCC#Cc1cc2sc3cc(C#CCCCCCCCCCOC(=O)C=C)sc3c2s1. The van der Waals surface area contributed by atoms with Crippen LogP contribution in [0.4, 0.5) is 0 Å². The van der Waals surface area contributed by atoms with E-state index in [9.17, 15) is 9.59 Å². The van der Waals surface area contributed by atoms with Crippen molar-refractivity contribution >= 4 is 64.7 Å². The fraction of sp³-hybridized carbons (Fsp3) is 0.500. The highest BCUT2D eigenvalue weighted by atomic mass is 32.1. The highest BCUT2D eigenvalue weighted by Crippen LogP contribution is 2.43. The number of hydrogen-bond acceptors (Lipinski definition) is 7. The lowest BCUT2D eigenvalue weighted by Gasteiger charge is -2.02. The number of esters is 2. The number of unbranched alkanes of at least 4 members (excludes halogenated alkanes) is 14. The van der Waals surface area contributed by atoms with Gasteiger partial charge in [-0.05, 0) is 37.8 Å². The maximum Gasteiger partial charge on any atom is 0.330 e. The lowest BCUT2D eigenvalue weighted by molar-refractivity contribution is -0.138. The maximum atomic E-state index is 11.0. The molecule has 0 fully saturated rings. The summed E-state index contributed by atoms with van der Waals surface area (Å²) >= 11 is 5.49. The van der Waals surface area contributed by atoms with Gasteiger partial charge in [0.25, 0.3) is 0 Å². The molecule has 0 radical (unpaired) electrons. The predicted octanol–water partition coefficient (Wildman–Crippen LogP) is 10.6. The van der Waals surface area contributed by atoms with Gasteiger partial charge in [-0.15, -0.1) is 34.0 Å². The van der Waals surface area contributed by atoms with Gasteiger partial charge in [0.1, 0.15) is 0 Å². The van der Waals surface area contributed by atoms with Crippen LogP contribution in [-0.4, -0.2) is 25.2 Å². The first-order valence-corrected chi connectivity index (χ1v) is 18.1. The van der Waals surface area contributed by atoms with Gasteiger partial charge >= 0.3 is 11.9 Å². The summed E-state index contributed by atoms with van der Waals surface area (Å²) in [6.07, 6.45) is 20.5. The Labute approximate surface area is 269 Å². The molecule has 43 heavy (non-hydrogen) atoms. The van der Waals surface area contributed by atoms with Crippen molar-refractivity contribution in [3.05, 3.63) is 47.2 Å². The van der Waals surface area contributed by atoms with Gasteiger partial charge in [-0.1, -0.05) is 101 Å². The lowest BCUT2D eigenvalue weighted by atomic mass is 10.1. The Bertz CT molecular complexity index is 1330. The molecular formula is C36H44O4S3.